The average molecular weight is 236 g/mol. The topological polar surface area (TPSA) is 62.1 Å². The summed E-state index contributed by atoms with van der Waals surface area (Å²) in [6.45, 7) is 1.30. The Bertz CT molecular complexity index is 308. The van der Waals surface area contributed by atoms with Gasteiger partial charge in [-0.2, -0.15) is 5.26 Å². The van der Waals surface area contributed by atoms with E-state index < -0.39 is 5.41 Å². The van der Waals surface area contributed by atoms with Gasteiger partial charge in [0.1, 0.15) is 5.41 Å². The zero-order chi connectivity index (χ0) is 12.1. The van der Waals surface area contributed by atoms with Gasteiger partial charge in [0.2, 0.25) is 5.91 Å². The Morgan fingerprint density at radius 2 is 2.00 bits per heavy atom. The average Bonchev–Trinajstić information content (AvgIpc) is 2.72. The van der Waals surface area contributed by atoms with Gasteiger partial charge in [0, 0.05) is 6.61 Å². The maximum atomic E-state index is 12.3. The van der Waals surface area contributed by atoms with Crippen molar-refractivity contribution >= 4 is 5.91 Å². The molecule has 2 rings (SSSR count). The molecule has 1 unspecified atom stereocenters. The molecule has 1 heterocycles. The van der Waals surface area contributed by atoms with E-state index in [2.05, 4.69) is 11.4 Å². The molecule has 1 aliphatic carbocycles. The Morgan fingerprint density at radius 3 is 2.53 bits per heavy atom. The summed E-state index contributed by atoms with van der Waals surface area (Å²) in [4.78, 5) is 12.3. The molecule has 0 spiro atoms. The number of carbonyl (C=O) groups excluding carboxylic acids is 1. The number of amides is 1. The van der Waals surface area contributed by atoms with Crippen LogP contribution < -0.4 is 5.32 Å². The molecule has 1 aliphatic heterocycles. The van der Waals surface area contributed by atoms with Gasteiger partial charge in [-0.15, -0.1) is 0 Å². The molecule has 0 aromatic rings. The first kappa shape index (κ1) is 12.4. The molecule has 94 valence electrons. The third kappa shape index (κ3) is 2.78. The lowest BCUT2D eigenvalue weighted by Crippen LogP contribution is -2.45. The number of ether oxygens (including phenoxy) is 1. The molecule has 0 aromatic carbocycles. The number of rotatable bonds is 2. The van der Waals surface area contributed by atoms with E-state index in [-0.39, 0.29) is 11.9 Å². The van der Waals surface area contributed by atoms with Gasteiger partial charge in [0.25, 0.3) is 0 Å². The number of nitriles is 1. The second-order valence-corrected chi connectivity index (χ2v) is 5.14. The van der Waals surface area contributed by atoms with E-state index in [0.717, 1.165) is 32.1 Å². The summed E-state index contributed by atoms with van der Waals surface area (Å²) in [7, 11) is 0. The molecule has 0 aromatic heterocycles. The van der Waals surface area contributed by atoms with Crippen molar-refractivity contribution in [2.24, 2.45) is 5.41 Å². The fourth-order valence-electron chi connectivity index (χ4n) is 2.69. The van der Waals surface area contributed by atoms with Crippen LogP contribution >= 0.6 is 0 Å². The highest BCUT2D eigenvalue weighted by atomic mass is 16.5. The third-order valence-electron chi connectivity index (χ3n) is 3.87. The number of carbonyl (C=O) groups is 1. The van der Waals surface area contributed by atoms with Gasteiger partial charge < -0.3 is 10.1 Å². The van der Waals surface area contributed by atoms with Crippen LogP contribution in [0.3, 0.4) is 0 Å². The van der Waals surface area contributed by atoms with E-state index in [1.807, 2.05) is 0 Å². The highest BCUT2D eigenvalue weighted by molar-refractivity contribution is 5.85. The Labute approximate surface area is 102 Å². The number of nitrogens with one attached hydrogen (secondary N) is 1. The van der Waals surface area contributed by atoms with Gasteiger partial charge in [0.05, 0.1) is 18.7 Å². The molecule has 4 nitrogen and oxygen atoms in total. The summed E-state index contributed by atoms with van der Waals surface area (Å²) in [5.41, 5.74) is -0.779. The second kappa shape index (κ2) is 5.50. The third-order valence-corrected chi connectivity index (χ3v) is 3.87. The van der Waals surface area contributed by atoms with Crippen molar-refractivity contribution in [1.82, 2.24) is 5.32 Å². The summed E-state index contributed by atoms with van der Waals surface area (Å²) in [5.74, 6) is -0.0719. The lowest BCUT2D eigenvalue weighted by Gasteiger charge is -2.25. The Kier molecular flexibility index (Phi) is 4.01. The predicted octanol–water partition coefficient (Wildman–Crippen LogP) is 1.76. The van der Waals surface area contributed by atoms with Crippen LogP contribution in [0.1, 0.15) is 44.9 Å². The minimum absolute atomic E-state index is 0.0719. The van der Waals surface area contributed by atoms with Crippen LogP contribution in [-0.2, 0) is 9.53 Å². The van der Waals surface area contributed by atoms with Crippen molar-refractivity contribution in [1.29, 1.82) is 5.26 Å². The fourth-order valence-corrected chi connectivity index (χ4v) is 2.69. The molecule has 2 aliphatic rings. The minimum Gasteiger partial charge on any atom is -0.379 e. The monoisotopic (exact) mass is 236 g/mol. The summed E-state index contributed by atoms with van der Waals surface area (Å²) < 4.78 is 5.24. The SMILES string of the molecule is N#CC1(C(=O)NC2CCOC2)CCCCCC1. The quantitative estimate of drug-likeness (QED) is 0.743. The molecule has 2 fully saturated rings. The number of nitrogens with zero attached hydrogens (tertiary/aromatic N) is 1. The molecule has 0 radical (unpaired) electrons. The molecular formula is C13H20N2O2. The van der Waals surface area contributed by atoms with Crippen LogP contribution in [-0.4, -0.2) is 25.2 Å². The van der Waals surface area contributed by atoms with E-state index in [0.29, 0.717) is 26.1 Å². The first-order chi connectivity index (χ1) is 8.27. The molecule has 1 saturated heterocycles. The minimum atomic E-state index is -0.779. The van der Waals surface area contributed by atoms with Gasteiger partial charge in [-0.25, -0.2) is 0 Å². The van der Waals surface area contributed by atoms with Crippen molar-refractivity contribution < 1.29 is 9.53 Å². The number of hydrogen-bond acceptors (Lipinski definition) is 3. The summed E-state index contributed by atoms with van der Waals surface area (Å²) >= 11 is 0. The standard InChI is InChI=1S/C13H20N2O2/c14-10-13(6-3-1-2-4-7-13)12(16)15-11-5-8-17-9-11/h11H,1-9H2,(H,15,16). The summed E-state index contributed by atoms with van der Waals surface area (Å²) in [5, 5.41) is 12.4. The zero-order valence-corrected chi connectivity index (χ0v) is 10.2. The van der Waals surface area contributed by atoms with E-state index in [9.17, 15) is 10.1 Å². The molecule has 4 heteroatoms. The zero-order valence-electron chi connectivity index (χ0n) is 10.2. The molecule has 0 bridgehead atoms. The molecular weight excluding hydrogens is 216 g/mol. The number of hydrogen-bond donors (Lipinski definition) is 1. The van der Waals surface area contributed by atoms with E-state index >= 15 is 0 Å². The van der Waals surface area contributed by atoms with Crippen LogP contribution in [0.4, 0.5) is 0 Å². The molecule has 1 saturated carbocycles. The van der Waals surface area contributed by atoms with Gasteiger partial charge in [0.15, 0.2) is 0 Å². The fraction of sp³-hybridized carbons (Fsp3) is 0.846. The van der Waals surface area contributed by atoms with Gasteiger partial charge in [-0.1, -0.05) is 25.7 Å². The van der Waals surface area contributed by atoms with Crippen molar-refractivity contribution in [3.05, 3.63) is 0 Å². The van der Waals surface area contributed by atoms with Crippen molar-refractivity contribution in [2.45, 2.75) is 51.0 Å². The second-order valence-electron chi connectivity index (χ2n) is 5.14. The first-order valence-electron chi connectivity index (χ1n) is 6.57. The molecule has 1 amide bonds. The van der Waals surface area contributed by atoms with Gasteiger partial charge >= 0.3 is 0 Å². The maximum absolute atomic E-state index is 12.3. The lowest BCUT2D eigenvalue weighted by atomic mass is 9.80. The van der Waals surface area contributed by atoms with Gasteiger partial charge in [-0.05, 0) is 19.3 Å². The maximum Gasteiger partial charge on any atom is 0.240 e. The smallest absolute Gasteiger partial charge is 0.240 e. The highest BCUT2D eigenvalue weighted by Crippen LogP contribution is 2.34. The summed E-state index contributed by atoms with van der Waals surface area (Å²) in [6, 6.07) is 2.39. The van der Waals surface area contributed by atoms with Crippen LogP contribution in [0.2, 0.25) is 0 Å². The van der Waals surface area contributed by atoms with Gasteiger partial charge in [-0.3, -0.25) is 4.79 Å². The van der Waals surface area contributed by atoms with Crippen LogP contribution in [0, 0.1) is 16.7 Å². The Balaban J connectivity index is 2.00. The van der Waals surface area contributed by atoms with Crippen molar-refractivity contribution in [3.63, 3.8) is 0 Å². The normalized spacial score (nSPS) is 28.1. The van der Waals surface area contributed by atoms with Crippen LogP contribution in [0.25, 0.3) is 0 Å². The van der Waals surface area contributed by atoms with Crippen molar-refractivity contribution in [2.75, 3.05) is 13.2 Å². The lowest BCUT2D eigenvalue weighted by molar-refractivity contribution is -0.129. The van der Waals surface area contributed by atoms with E-state index in [1.165, 1.54) is 0 Å². The molecule has 1 atom stereocenters. The molecule has 1 N–H and O–H groups in total. The predicted molar refractivity (Wildman–Crippen MR) is 63.1 cm³/mol. The highest BCUT2D eigenvalue weighted by Gasteiger charge is 2.39. The van der Waals surface area contributed by atoms with Crippen LogP contribution in [0.5, 0.6) is 0 Å². The Morgan fingerprint density at radius 1 is 1.29 bits per heavy atom. The van der Waals surface area contributed by atoms with E-state index in [4.69, 9.17) is 4.74 Å². The largest absolute Gasteiger partial charge is 0.379 e. The molecule has 17 heavy (non-hydrogen) atoms. The van der Waals surface area contributed by atoms with E-state index in [1.54, 1.807) is 0 Å². The van der Waals surface area contributed by atoms with Crippen LogP contribution in [0.15, 0.2) is 0 Å². The Hall–Kier alpha value is -1.08. The van der Waals surface area contributed by atoms with Crippen molar-refractivity contribution in [3.8, 4) is 6.07 Å². The summed E-state index contributed by atoms with van der Waals surface area (Å²) in [6.07, 6.45) is 6.55. The first-order valence-corrected chi connectivity index (χ1v) is 6.57.